The van der Waals surface area contributed by atoms with Gasteiger partial charge in [-0.15, -0.1) is 0 Å². The Labute approximate surface area is 86.6 Å². The third kappa shape index (κ3) is 3.90. The van der Waals surface area contributed by atoms with E-state index in [0.717, 1.165) is 6.26 Å². The minimum absolute atomic E-state index is 0.130. The van der Waals surface area contributed by atoms with Crippen molar-refractivity contribution in [2.45, 2.75) is 0 Å². The van der Waals surface area contributed by atoms with E-state index >= 15 is 0 Å². The van der Waals surface area contributed by atoms with Gasteiger partial charge < -0.3 is 11.1 Å². The predicted octanol–water partition coefficient (Wildman–Crippen LogP) is -1.01. The molecule has 0 aliphatic carbocycles. The second kappa shape index (κ2) is 4.22. The lowest BCUT2D eigenvalue weighted by Gasteiger charge is -2.02. The Kier molecular flexibility index (Phi) is 3.20. The van der Waals surface area contributed by atoms with Gasteiger partial charge in [-0.3, -0.25) is 4.79 Å². The van der Waals surface area contributed by atoms with Crippen molar-refractivity contribution < 1.29 is 13.2 Å². The minimum Gasteiger partial charge on any atom is -0.366 e. The fourth-order valence-corrected chi connectivity index (χ4v) is 1.13. The molecular weight excluding hydrogens is 220 g/mol. The van der Waals surface area contributed by atoms with Gasteiger partial charge in [-0.1, -0.05) is 0 Å². The third-order valence-corrected chi connectivity index (χ3v) is 2.10. The van der Waals surface area contributed by atoms with Gasteiger partial charge in [0.15, 0.2) is 9.84 Å². The first-order valence-corrected chi connectivity index (χ1v) is 5.98. The van der Waals surface area contributed by atoms with E-state index in [9.17, 15) is 13.2 Å². The van der Waals surface area contributed by atoms with Gasteiger partial charge >= 0.3 is 0 Å². The monoisotopic (exact) mass is 230 g/mol. The number of nitrogens with zero attached hydrogens (tertiary/aromatic N) is 2. The van der Waals surface area contributed by atoms with Crippen LogP contribution in [0.2, 0.25) is 0 Å². The van der Waals surface area contributed by atoms with E-state index in [1.165, 1.54) is 12.4 Å². The Balaban J connectivity index is 2.69. The smallest absolute Gasteiger partial charge is 0.251 e. The molecule has 8 heteroatoms. The number of rotatable bonds is 4. The molecule has 0 bridgehead atoms. The zero-order chi connectivity index (χ0) is 11.5. The number of hydrogen-bond acceptors (Lipinski definition) is 6. The first-order valence-electron chi connectivity index (χ1n) is 3.92. The van der Waals surface area contributed by atoms with E-state index < -0.39 is 15.7 Å². The van der Waals surface area contributed by atoms with Crippen LogP contribution >= 0.6 is 0 Å². The molecule has 0 fully saturated rings. The summed E-state index contributed by atoms with van der Waals surface area (Å²) < 4.78 is 21.6. The molecule has 82 valence electrons. The lowest BCUT2D eigenvalue weighted by molar-refractivity contribution is 0.0999. The molecule has 0 aliphatic heterocycles. The molecule has 1 aromatic rings. The molecule has 0 atom stereocenters. The highest BCUT2D eigenvalue weighted by atomic mass is 32.2. The van der Waals surface area contributed by atoms with Crippen LogP contribution in [0.4, 0.5) is 5.95 Å². The zero-order valence-corrected chi connectivity index (χ0v) is 8.78. The van der Waals surface area contributed by atoms with Gasteiger partial charge in [0, 0.05) is 18.6 Å². The maximum absolute atomic E-state index is 10.8. The summed E-state index contributed by atoms with van der Waals surface area (Å²) in [5, 5.41) is 2.49. The van der Waals surface area contributed by atoms with Crippen molar-refractivity contribution in [1.82, 2.24) is 9.97 Å². The van der Waals surface area contributed by atoms with E-state index in [0.29, 0.717) is 0 Å². The fraction of sp³-hybridized carbons (Fsp3) is 0.286. The summed E-state index contributed by atoms with van der Waals surface area (Å²) in [6.07, 6.45) is 3.53. The molecule has 1 aromatic heterocycles. The number of carbonyl (C=O) groups is 1. The Morgan fingerprint density at radius 2 is 2.00 bits per heavy atom. The molecule has 0 radical (unpaired) electrons. The zero-order valence-electron chi connectivity index (χ0n) is 7.97. The standard InChI is InChI=1S/C7H10N4O3S/c1-15(13,14)4-11-7-9-2-5(3-10-7)6(8)12/h2-3H,4H2,1H3,(H2,8,12)(H,9,10,11). The maximum Gasteiger partial charge on any atom is 0.251 e. The van der Waals surface area contributed by atoms with Crippen LogP contribution in [0.3, 0.4) is 0 Å². The Morgan fingerprint density at radius 1 is 1.47 bits per heavy atom. The number of sulfone groups is 1. The molecule has 0 spiro atoms. The molecule has 15 heavy (non-hydrogen) atoms. The van der Waals surface area contributed by atoms with Crippen molar-refractivity contribution in [1.29, 1.82) is 0 Å². The maximum atomic E-state index is 10.8. The van der Waals surface area contributed by atoms with Gasteiger partial charge in [-0.25, -0.2) is 18.4 Å². The highest BCUT2D eigenvalue weighted by Gasteiger charge is 2.04. The number of amides is 1. The van der Waals surface area contributed by atoms with Crippen LogP contribution in [0.15, 0.2) is 12.4 Å². The van der Waals surface area contributed by atoms with Crippen molar-refractivity contribution in [3.8, 4) is 0 Å². The van der Waals surface area contributed by atoms with Crippen molar-refractivity contribution in [3.63, 3.8) is 0 Å². The minimum atomic E-state index is -3.13. The van der Waals surface area contributed by atoms with Crippen molar-refractivity contribution in [2.24, 2.45) is 5.73 Å². The molecule has 1 heterocycles. The Hall–Kier alpha value is -1.70. The summed E-state index contributed by atoms with van der Waals surface area (Å²) in [6, 6.07) is 0. The average Bonchev–Trinajstić information content (AvgIpc) is 2.14. The summed E-state index contributed by atoms with van der Waals surface area (Å²) in [5.74, 6) is -0.766. The van der Waals surface area contributed by atoms with Crippen LogP contribution in [0.1, 0.15) is 10.4 Å². The van der Waals surface area contributed by atoms with Crippen molar-refractivity contribution >= 4 is 21.7 Å². The molecule has 0 unspecified atom stereocenters. The van der Waals surface area contributed by atoms with E-state index in [1.54, 1.807) is 0 Å². The van der Waals surface area contributed by atoms with Gasteiger partial charge in [0.25, 0.3) is 5.91 Å². The number of primary amides is 1. The molecule has 3 N–H and O–H groups in total. The fourth-order valence-electron chi connectivity index (χ4n) is 0.742. The first-order chi connectivity index (χ1) is 6.88. The van der Waals surface area contributed by atoms with Gasteiger partial charge in [0.05, 0.1) is 5.56 Å². The number of hydrogen-bond donors (Lipinski definition) is 2. The lowest BCUT2D eigenvalue weighted by atomic mass is 10.3. The molecule has 1 rings (SSSR count). The number of nitrogens with one attached hydrogen (secondary N) is 1. The number of anilines is 1. The van der Waals surface area contributed by atoms with Crippen molar-refractivity contribution in [2.75, 3.05) is 17.4 Å². The van der Waals surface area contributed by atoms with Gasteiger partial charge in [0.2, 0.25) is 5.95 Å². The lowest BCUT2D eigenvalue weighted by Crippen LogP contribution is -2.16. The molecule has 1 amide bonds. The average molecular weight is 230 g/mol. The van der Waals surface area contributed by atoms with E-state index in [-0.39, 0.29) is 17.4 Å². The third-order valence-electron chi connectivity index (χ3n) is 1.43. The van der Waals surface area contributed by atoms with Crippen LogP contribution in [0.25, 0.3) is 0 Å². The van der Waals surface area contributed by atoms with Crippen LogP contribution in [0.5, 0.6) is 0 Å². The van der Waals surface area contributed by atoms with Crippen LogP contribution < -0.4 is 11.1 Å². The second-order valence-electron chi connectivity index (χ2n) is 2.91. The second-order valence-corrected chi connectivity index (χ2v) is 5.05. The highest BCUT2D eigenvalue weighted by molar-refractivity contribution is 7.90. The molecule has 0 saturated heterocycles. The van der Waals surface area contributed by atoms with Gasteiger partial charge in [-0.05, 0) is 0 Å². The molecule has 0 aliphatic rings. The van der Waals surface area contributed by atoms with E-state index in [2.05, 4.69) is 15.3 Å². The SMILES string of the molecule is CS(=O)(=O)CNc1ncc(C(N)=O)cn1. The summed E-state index contributed by atoms with van der Waals surface area (Å²) in [6.45, 7) is 0. The Bertz CT molecular complexity index is 454. The van der Waals surface area contributed by atoms with Crippen LogP contribution in [-0.4, -0.2) is 36.4 Å². The number of nitrogens with two attached hydrogens (primary N) is 1. The summed E-state index contributed by atoms with van der Waals surface area (Å²) in [7, 11) is -3.13. The molecule has 0 aromatic carbocycles. The van der Waals surface area contributed by atoms with Crippen molar-refractivity contribution in [3.05, 3.63) is 18.0 Å². The topological polar surface area (TPSA) is 115 Å². The quantitative estimate of drug-likeness (QED) is 0.684. The Morgan fingerprint density at radius 3 is 2.40 bits per heavy atom. The van der Waals surface area contributed by atoms with Gasteiger partial charge in [-0.2, -0.15) is 0 Å². The highest BCUT2D eigenvalue weighted by Crippen LogP contribution is 1.99. The summed E-state index contributed by atoms with van der Waals surface area (Å²) >= 11 is 0. The van der Waals surface area contributed by atoms with E-state index in [4.69, 9.17) is 5.73 Å². The van der Waals surface area contributed by atoms with Gasteiger partial charge in [0.1, 0.15) is 5.88 Å². The molecular formula is C7H10N4O3S. The summed E-state index contributed by atoms with van der Waals surface area (Å²) in [5.41, 5.74) is 5.14. The summed E-state index contributed by atoms with van der Waals surface area (Å²) in [4.78, 5) is 18.1. The largest absolute Gasteiger partial charge is 0.366 e. The van der Waals surface area contributed by atoms with Crippen LogP contribution in [-0.2, 0) is 9.84 Å². The molecule has 0 saturated carbocycles. The number of carbonyl (C=O) groups excluding carboxylic acids is 1. The first kappa shape index (κ1) is 11.4. The number of aromatic nitrogens is 2. The normalized spacial score (nSPS) is 11.0. The van der Waals surface area contributed by atoms with E-state index in [1.807, 2.05) is 0 Å². The molecule has 7 nitrogen and oxygen atoms in total. The van der Waals surface area contributed by atoms with Crippen LogP contribution in [0, 0.1) is 0 Å². The predicted molar refractivity (Wildman–Crippen MR) is 53.9 cm³/mol.